The fourth-order valence-electron chi connectivity index (χ4n) is 2.86. The van der Waals surface area contributed by atoms with Crippen LogP contribution in [0.4, 0.5) is 0 Å². The van der Waals surface area contributed by atoms with Crippen LogP contribution in [0.15, 0.2) is 35.9 Å². The lowest BCUT2D eigenvalue weighted by atomic mass is 10.1. The predicted molar refractivity (Wildman–Crippen MR) is 95.8 cm³/mol. The number of ether oxygens (including phenoxy) is 1. The minimum Gasteiger partial charge on any atom is -0.490 e. The average Bonchev–Trinajstić information content (AvgIpc) is 2.84. The molecule has 1 fully saturated rings. The number of aromatic nitrogens is 3. The smallest absolute Gasteiger partial charge is 0.254 e. The fraction of sp³-hybridized carbons (Fsp3) is 0.421. The first-order valence-corrected chi connectivity index (χ1v) is 8.49. The van der Waals surface area contributed by atoms with Gasteiger partial charge in [0.1, 0.15) is 24.0 Å². The van der Waals surface area contributed by atoms with Crippen molar-refractivity contribution in [3.05, 3.63) is 53.1 Å². The summed E-state index contributed by atoms with van der Waals surface area (Å²) < 4.78 is 7.59. The van der Waals surface area contributed by atoms with Gasteiger partial charge in [0.15, 0.2) is 0 Å². The van der Waals surface area contributed by atoms with Gasteiger partial charge in [0, 0.05) is 18.7 Å². The van der Waals surface area contributed by atoms with Gasteiger partial charge in [-0.1, -0.05) is 11.6 Å². The zero-order chi connectivity index (χ0) is 18.0. The zero-order valence-electron chi connectivity index (χ0n) is 15.2. The van der Waals surface area contributed by atoms with Crippen molar-refractivity contribution >= 4 is 5.91 Å². The van der Waals surface area contributed by atoms with E-state index in [0.29, 0.717) is 31.0 Å². The molecule has 1 aromatic carbocycles. The van der Waals surface area contributed by atoms with Gasteiger partial charge in [-0.05, 0) is 52.0 Å². The molecule has 0 N–H and O–H groups in total. The van der Waals surface area contributed by atoms with Crippen LogP contribution in [0.5, 0.6) is 5.75 Å². The van der Waals surface area contributed by atoms with Gasteiger partial charge in [0.25, 0.3) is 5.91 Å². The molecular formula is C19H24N4O2. The second kappa shape index (κ2) is 7.09. The van der Waals surface area contributed by atoms with Crippen LogP contribution in [0.3, 0.4) is 0 Å². The fourth-order valence-corrected chi connectivity index (χ4v) is 2.86. The van der Waals surface area contributed by atoms with Gasteiger partial charge >= 0.3 is 0 Å². The van der Waals surface area contributed by atoms with Gasteiger partial charge in [-0.25, -0.2) is 9.67 Å². The molecule has 0 atom stereocenters. The van der Waals surface area contributed by atoms with E-state index in [2.05, 4.69) is 10.1 Å². The molecular weight excluding hydrogens is 316 g/mol. The number of hydrogen-bond donors (Lipinski definition) is 0. The first-order chi connectivity index (χ1) is 11.9. The van der Waals surface area contributed by atoms with E-state index in [1.165, 1.54) is 5.57 Å². The Labute approximate surface area is 148 Å². The van der Waals surface area contributed by atoms with Crippen molar-refractivity contribution in [1.29, 1.82) is 0 Å². The molecule has 1 aromatic heterocycles. The van der Waals surface area contributed by atoms with Gasteiger partial charge in [0.05, 0.1) is 6.04 Å². The summed E-state index contributed by atoms with van der Waals surface area (Å²) in [5.74, 6) is 2.40. The topological polar surface area (TPSA) is 60.2 Å². The summed E-state index contributed by atoms with van der Waals surface area (Å²) in [7, 11) is 0. The molecule has 1 aliphatic heterocycles. The minimum atomic E-state index is 0.0263. The van der Waals surface area contributed by atoms with Crippen molar-refractivity contribution in [3.63, 3.8) is 0 Å². The van der Waals surface area contributed by atoms with Gasteiger partial charge < -0.3 is 9.64 Å². The Balaban J connectivity index is 1.61. The van der Waals surface area contributed by atoms with Crippen molar-refractivity contribution in [1.82, 2.24) is 19.7 Å². The van der Waals surface area contributed by atoms with Crippen LogP contribution in [0.2, 0.25) is 0 Å². The first kappa shape index (κ1) is 17.2. The minimum absolute atomic E-state index is 0.0263. The van der Waals surface area contributed by atoms with Crippen LogP contribution in [0, 0.1) is 13.8 Å². The van der Waals surface area contributed by atoms with E-state index in [1.807, 2.05) is 61.6 Å². The van der Waals surface area contributed by atoms with E-state index in [9.17, 15) is 4.79 Å². The molecule has 1 amide bonds. The van der Waals surface area contributed by atoms with E-state index in [4.69, 9.17) is 4.74 Å². The lowest BCUT2D eigenvalue weighted by molar-refractivity contribution is 0.0496. The normalized spacial score (nSPS) is 14.2. The van der Waals surface area contributed by atoms with E-state index < -0.39 is 0 Å². The number of carbonyl (C=O) groups is 1. The number of nitrogens with zero attached hydrogens (tertiary/aromatic N) is 4. The maximum absolute atomic E-state index is 12.6. The number of benzene rings is 1. The Bertz CT molecular complexity index is 800. The monoisotopic (exact) mass is 340 g/mol. The van der Waals surface area contributed by atoms with Crippen LogP contribution >= 0.6 is 0 Å². The molecule has 3 rings (SSSR count). The molecule has 0 aliphatic carbocycles. The van der Waals surface area contributed by atoms with E-state index in [-0.39, 0.29) is 11.9 Å². The van der Waals surface area contributed by atoms with E-state index in [1.54, 1.807) is 6.07 Å². The van der Waals surface area contributed by atoms with Crippen molar-refractivity contribution in [2.75, 3.05) is 19.7 Å². The molecule has 1 saturated heterocycles. The summed E-state index contributed by atoms with van der Waals surface area (Å²) in [6.07, 6.45) is 2.01. The lowest BCUT2D eigenvalue weighted by Crippen LogP contribution is -2.51. The molecule has 0 saturated carbocycles. The molecule has 2 heterocycles. The van der Waals surface area contributed by atoms with E-state index in [0.717, 1.165) is 11.6 Å². The van der Waals surface area contributed by atoms with Crippen molar-refractivity contribution < 1.29 is 9.53 Å². The summed E-state index contributed by atoms with van der Waals surface area (Å²) in [6, 6.07) is 7.57. The Morgan fingerprint density at radius 2 is 2.08 bits per heavy atom. The number of carbonyl (C=O) groups excluding carboxylic acids is 1. The SMILES string of the molecule is CC(C)=CCOc1cccc(C(=O)N2CC(n3nc(C)nc3C)C2)c1. The highest BCUT2D eigenvalue weighted by Crippen LogP contribution is 2.25. The molecule has 0 bridgehead atoms. The molecule has 0 spiro atoms. The third-order valence-corrected chi connectivity index (χ3v) is 4.23. The molecule has 0 radical (unpaired) electrons. The van der Waals surface area contributed by atoms with Crippen molar-refractivity contribution in [2.24, 2.45) is 0 Å². The molecule has 2 aromatic rings. The Morgan fingerprint density at radius 1 is 1.32 bits per heavy atom. The Hall–Kier alpha value is -2.63. The largest absolute Gasteiger partial charge is 0.490 e. The highest BCUT2D eigenvalue weighted by atomic mass is 16.5. The molecule has 6 heteroatoms. The van der Waals surface area contributed by atoms with Crippen LogP contribution in [0.25, 0.3) is 0 Å². The second-order valence-electron chi connectivity index (χ2n) is 6.64. The maximum atomic E-state index is 12.6. The van der Waals surface area contributed by atoms with E-state index >= 15 is 0 Å². The molecule has 132 valence electrons. The van der Waals surface area contributed by atoms with Gasteiger partial charge in [-0.15, -0.1) is 0 Å². The van der Waals surface area contributed by atoms with Gasteiger partial charge in [-0.2, -0.15) is 5.10 Å². The van der Waals surface area contributed by atoms with Gasteiger partial charge in [0.2, 0.25) is 0 Å². The highest BCUT2D eigenvalue weighted by Gasteiger charge is 2.34. The van der Waals surface area contributed by atoms with Crippen LogP contribution < -0.4 is 4.74 Å². The van der Waals surface area contributed by atoms with Crippen LogP contribution in [-0.2, 0) is 0 Å². The number of hydrogen-bond acceptors (Lipinski definition) is 4. The summed E-state index contributed by atoms with van der Waals surface area (Å²) >= 11 is 0. The Morgan fingerprint density at radius 3 is 2.72 bits per heavy atom. The third kappa shape index (κ3) is 3.90. The number of amides is 1. The maximum Gasteiger partial charge on any atom is 0.254 e. The molecule has 25 heavy (non-hydrogen) atoms. The van der Waals surface area contributed by atoms with Crippen molar-refractivity contribution in [2.45, 2.75) is 33.7 Å². The predicted octanol–water partition coefficient (Wildman–Crippen LogP) is 2.94. The number of rotatable bonds is 5. The highest BCUT2D eigenvalue weighted by molar-refractivity contribution is 5.95. The summed E-state index contributed by atoms with van der Waals surface area (Å²) in [6.45, 7) is 9.71. The third-order valence-electron chi connectivity index (χ3n) is 4.23. The summed E-state index contributed by atoms with van der Waals surface area (Å²) in [5, 5.41) is 4.40. The Kier molecular flexibility index (Phi) is 4.88. The standard InChI is InChI=1S/C19H24N4O2/c1-13(2)8-9-25-18-7-5-6-16(10-18)19(24)22-11-17(12-22)23-15(4)20-14(3)21-23/h5-8,10,17H,9,11-12H2,1-4H3. The zero-order valence-corrected chi connectivity index (χ0v) is 15.2. The number of allylic oxidation sites excluding steroid dienone is 1. The first-order valence-electron chi connectivity index (χ1n) is 8.49. The van der Waals surface area contributed by atoms with Crippen LogP contribution in [-0.4, -0.2) is 45.3 Å². The molecule has 0 unspecified atom stereocenters. The number of aryl methyl sites for hydroxylation is 2. The van der Waals surface area contributed by atoms with Crippen LogP contribution in [0.1, 0.15) is 41.9 Å². The quantitative estimate of drug-likeness (QED) is 0.785. The summed E-state index contributed by atoms with van der Waals surface area (Å²) in [4.78, 5) is 18.8. The number of likely N-dealkylation sites (tertiary alicyclic amines) is 1. The average molecular weight is 340 g/mol. The lowest BCUT2D eigenvalue weighted by Gasteiger charge is -2.39. The second-order valence-corrected chi connectivity index (χ2v) is 6.64. The van der Waals surface area contributed by atoms with Crippen molar-refractivity contribution in [3.8, 4) is 5.75 Å². The molecule has 6 nitrogen and oxygen atoms in total. The summed E-state index contributed by atoms with van der Waals surface area (Å²) in [5.41, 5.74) is 1.86. The van der Waals surface area contributed by atoms with Gasteiger partial charge in [-0.3, -0.25) is 4.79 Å². The molecule has 1 aliphatic rings.